The van der Waals surface area contributed by atoms with Gasteiger partial charge in [-0.25, -0.2) is 0 Å². The number of methoxy groups -OCH3 is 1. The molecule has 0 radical (unpaired) electrons. The van der Waals surface area contributed by atoms with E-state index in [9.17, 15) is 5.11 Å². The van der Waals surface area contributed by atoms with E-state index in [0.717, 1.165) is 18.0 Å². The Bertz CT molecular complexity index is 449. The molecule has 0 saturated carbocycles. The van der Waals surface area contributed by atoms with Crippen LogP contribution in [0, 0.1) is 19.3 Å². The van der Waals surface area contributed by atoms with E-state index in [-0.39, 0.29) is 12.0 Å². The van der Waals surface area contributed by atoms with E-state index in [0.29, 0.717) is 13.2 Å². The molecule has 1 aliphatic rings. The van der Waals surface area contributed by atoms with Crippen molar-refractivity contribution in [2.45, 2.75) is 13.8 Å². The summed E-state index contributed by atoms with van der Waals surface area (Å²) in [5.41, 5.74) is 3.34. The second-order valence-corrected chi connectivity index (χ2v) is 5.64. The van der Waals surface area contributed by atoms with Gasteiger partial charge < -0.3 is 19.5 Å². The maximum Gasteiger partial charge on any atom is 0.142 e. The Hall–Kier alpha value is -1.26. The first-order valence-corrected chi connectivity index (χ1v) is 6.56. The second-order valence-electron chi connectivity index (χ2n) is 5.64. The molecule has 0 unspecified atom stereocenters. The van der Waals surface area contributed by atoms with E-state index >= 15 is 0 Å². The third kappa shape index (κ3) is 2.69. The lowest BCUT2D eigenvalue weighted by atomic mass is 9.86. The normalized spacial score (nSPS) is 16.9. The van der Waals surface area contributed by atoms with E-state index in [2.05, 4.69) is 24.8 Å². The quantitative estimate of drug-likeness (QED) is 0.881. The molecule has 0 atom stereocenters. The molecule has 1 aliphatic heterocycles. The molecule has 2 rings (SSSR count). The molecule has 1 fully saturated rings. The molecule has 0 aromatic heterocycles. The minimum Gasteiger partial charge on any atom is -0.495 e. The lowest BCUT2D eigenvalue weighted by molar-refractivity contribution is -0.130. The molecule has 1 heterocycles. The van der Waals surface area contributed by atoms with Crippen molar-refractivity contribution in [2.24, 2.45) is 5.41 Å². The number of hydrogen-bond acceptors (Lipinski definition) is 4. The zero-order valence-electron chi connectivity index (χ0n) is 12.2. The molecule has 0 amide bonds. The fourth-order valence-electron chi connectivity index (χ4n) is 2.77. The summed E-state index contributed by atoms with van der Waals surface area (Å²) in [6.45, 7) is 6.33. The van der Waals surface area contributed by atoms with Gasteiger partial charge in [0.1, 0.15) is 5.75 Å². The summed E-state index contributed by atoms with van der Waals surface area (Å²) < 4.78 is 10.7. The number of hydrogen-bond donors (Lipinski definition) is 1. The molecular weight excluding hydrogens is 242 g/mol. The van der Waals surface area contributed by atoms with Crippen LogP contribution in [0.2, 0.25) is 0 Å². The lowest BCUT2D eigenvalue weighted by Crippen LogP contribution is -2.52. The molecule has 1 saturated heterocycles. The largest absolute Gasteiger partial charge is 0.495 e. The average molecular weight is 265 g/mol. The number of nitrogens with zero attached hydrogens (tertiary/aromatic N) is 1. The van der Waals surface area contributed by atoms with Gasteiger partial charge in [-0.1, -0.05) is 6.07 Å². The Balaban J connectivity index is 2.25. The first kappa shape index (κ1) is 14.2. The molecule has 106 valence electrons. The van der Waals surface area contributed by atoms with Gasteiger partial charge >= 0.3 is 0 Å². The summed E-state index contributed by atoms with van der Waals surface area (Å²) in [6.07, 6.45) is 0. The topological polar surface area (TPSA) is 41.9 Å². The van der Waals surface area contributed by atoms with Gasteiger partial charge in [0, 0.05) is 13.6 Å². The van der Waals surface area contributed by atoms with Crippen molar-refractivity contribution in [3.63, 3.8) is 0 Å². The van der Waals surface area contributed by atoms with Crippen molar-refractivity contribution >= 4 is 5.69 Å². The summed E-state index contributed by atoms with van der Waals surface area (Å²) >= 11 is 0. The predicted octanol–water partition coefficient (Wildman–Crippen LogP) is 1.76. The highest BCUT2D eigenvalue weighted by Gasteiger charge is 2.39. The molecule has 0 spiro atoms. The average Bonchev–Trinajstić information content (AvgIpc) is 2.32. The van der Waals surface area contributed by atoms with Gasteiger partial charge in [-0.15, -0.1) is 0 Å². The van der Waals surface area contributed by atoms with Crippen molar-refractivity contribution in [1.82, 2.24) is 0 Å². The minimum absolute atomic E-state index is 0.128. The molecule has 1 aromatic carbocycles. The third-order valence-corrected chi connectivity index (χ3v) is 3.74. The first-order chi connectivity index (χ1) is 9.01. The van der Waals surface area contributed by atoms with Crippen LogP contribution in [0.25, 0.3) is 0 Å². The highest BCUT2D eigenvalue weighted by Crippen LogP contribution is 2.36. The van der Waals surface area contributed by atoms with Crippen LogP contribution in [0.4, 0.5) is 5.69 Å². The van der Waals surface area contributed by atoms with Crippen LogP contribution in [0.15, 0.2) is 12.1 Å². The zero-order chi connectivity index (χ0) is 14.0. The van der Waals surface area contributed by atoms with Crippen molar-refractivity contribution < 1.29 is 14.6 Å². The number of aryl methyl sites for hydroxylation is 2. The van der Waals surface area contributed by atoms with Gasteiger partial charge in [0.25, 0.3) is 0 Å². The lowest BCUT2D eigenvalue weighted by Gasteiger charge is -2.43. The van der Waals surface area contributed by atoms with Crippen molar-refractivity contribution in [3.05, 3.63) is 23.3 Å². The van der Waals surface area contributed by atoms with E-state index in [1.807, 2.05) is 13.1 Å². The molecule has 4 nitrogen and oxygen atoms in total. The molecule has 1 N–H and O–H groups in total. The highest BCUT2D eigenvalue weighted by atomic mass is 16.5. The number of rotatable bonds is 5. The Kier molecular flexibility index (Phi) is 4.02. The molecular formula is C15H23NO3. The molecule has 0 bridgehead atoms. The fraction of sp³-hybridized carbons (Fsp3) is 0.600. The monoisotopic (exact) mass is 265 g/mol. The van der Waals surface area contributed by atoms with Crippen LogP contribution in [0.5, 0.6) is 5.75 Å². The summed E-state index contributed by atoms with van der Waals surface area (Å²) in [7, 11) is 3.73. The van der Waals surface area contributed by atoms with Crippen LogP contribution in [0.1, 0.15) is 11.1 Å². The number of benzene rings is 1. The molecule has 4 heteroatoms. The summed E-state index contributed by atoms with van der Waals surface area (Å²) in [5.74, 6) is 0.883. The highest BCUT2D eigenvalue weighted by molar-refractivity contribution is 5.64. The van der Waals surface area contributed by atoms with Crippen molar-refractivity contribution in [2.75, 3.05) is 45.4 Å². The fourth-order valence-corrected chi connectivity index (χ4v) is 2.77. The Morgan fingerprint density at radius 2 is 2.05 bits per heavy atom. The van der Waals surface area contributed by atoms with Crippen molar-refractivity contribution in [1.29, 1.82) is 0 Å². The van der Waals surface area contributed by atoms with Crippen LogP contribution in [-0.2, 0) is 4.74 Å². The predicted molar refractivity (Wildman–Crippen MR) is 76.1 cm³/mol. The van der Waals surface area contributed by atoms with Gasteiger partial charge in [0.05, 0.1) is 38.0 Å². The van der Waals surface area contributed by atoms with Gasteiger partial charge in [-0.2, -0.15) is 0 Å². The molecule has 19 heavy (non-hydrogen) atoms. The zero-order valence-corrected chi connectivity index (χ0v) is 12.2. The third-order valence-electron chi connectivity index (χ3n) is 3.74. The smallest absolute Gasteiger partial charge is 0.142 e. The Morgan fingerprint density at radius 1 is 1.37 bits per heavy atom. The second kappa shape index (κ2) is 5.39. The van der Waals surface area contributed by atoms with E-state index in [1.165, 1.54) is 11.1 Å². The molecule has 1 aromatic rings. The summed E-state index contributed by atoms with van der Waals surface area (Å²) in [5, 5.41) is 9.53. The minimum atomic E-state index is -0.128. The maximum atomic E-state index is 9.53. The SMILES string of the molecule is COc1cc(C)cc(C)c1N(C)CC1(CO)COC1. The maximum absolute atomic E-state index is 9.53. The number of ether oxygens (including phenoxy) is 2. The van der Waals surface area contributed by atoms with E-state index < -0.39 is 0 Å². The van der Waals surface area contributed by atoms with Crippen LogP contribution < -0.4 is 9.64 Å². The number of anilines is 1. The van der Waals surface area contributed by atoms with E-state index in [4.69, 9.17) is 9.47 Å². The first-order valence-electron chi connectivity index (χ1n) is 6.56. The van der Waals surface area contributed by atoms with Crippen LogP contribution >= 0.6 is 0 Å². The Morgan fingerprint density at radius 3 is 2.53 bits per heavy atom. The standard InChI is InChI=1S/C15H23NO3/c1-11-5-12(2)14(13(6-11)18-4)16(3)7-15(8-17)9-19-10-15/h5-6,17H,7-10H2,1-4H3. The van der Waals surface area contributed by atoms with Crippen LogP contribution in [0.3, 0.4) is 0 Å². The van der Waals surface area contributed by atoms with Crippen LogP contribution in [-0.4, -0.2) is 45.6 Å². The summed E-state index contributed by atoms with van der Waals surface area (Å²) in [4.78, 5) is 2.16. The van der Waals surface area contributed by atoms with Gasteiger partial charge in [-0.05, 0) is 31.0 Å². The van der Waals surface area contributed by atoms with Gasteiger partial charge in [0.15, 0.2) is 0 Å². The summed E-state index contributed by atoms with van der Waals surface area (Å²) in [6, 6.07) is 4.19. The number of aliphatic hydroxyl groups excluding tert-OH is 1. The Labute approximate surface area is 114 Å². The number of aliphatic hydroxyl groups is 1. The van der Waals surface area contributed by atoms with Crippen molar-refractivity contribution in [3.8, 4) is 5.75 Å². The van der Waals surface area contributed by atoms with E-state index in [1.54, 1.807) is 7.11 Å². The van der Waals surface area contributed by atoms with Gasteiger partial charge in [-0.3, -0.25) is 0 Å². The molecule has 0 aliphatic carbocycles. The van der Waals surface area contributed by atoms with Gasteiger partial charge in [0.2, 0.25) is 0 Å².